The van der Waals surface area contributed by atoms with Crippen molar-refractivity contribution in [2.45, 2.75) is 27.7 Å². The number of thiocarbonyl (C=S) groups is 2. The Hall–Kier alpha value is -2.44. The number of aryl methyl sites for hydroxylation is 4. The van der Waals surface area contributed by atoms with E-state index in [9.17, 15) is 0 Å². The Morgan fingerprint density at radius 3 is 1.22 bits per heavy atom. The number of nitrogens with one attached hydrogen (secondary N) is 2. The molecule has 208 valence electrons. The molecule has 0 bridgehead atoms. The summed E-state index contributed by atoms with van der Waals surface area (Å²) in [7, 11) is 11.9. The smallest absolute Gasteiger partial charge is 0.174 e. The van der Waals surface area contributed by atoms with Crippen LogP contribution in [0.25, 0.3) is 0 Å². The molecule has 2 rings (SSSR count). The highest BCUT2D eigenvalue weighted by molar-refractivity contribution is 7.80. The summed E-state index contributed by atoms with van der Waals surface area (Å²) in [5.74, 6) is 1.82. The summed E-state index contributed by atoms with van der Waals surface area (Å²) in [6, 6.07) is 8.25. The highest BCUT2D eigenvalue weighted by Crippen LogP contribution is 2.16. The molecule has 0 aromatic carbocycles. The zero-order valence-corrected chi connectivity index (χ0v) is 25.8. The molecule has 0 radical (unpaired) electrons. The van der Waals surface area contributed by atoms with Crippen molar-refractivity contribution in [2.75, 3.05) is 78.3 Å². The van der Waals surface area contributed by atoms with Crippen LogP contribution in [0.15, 0.2) is 24.3 Å². The maximum atomic E-state index is 5.35. The number of rotatable bonds is 8. The lowest BCUT2D eigenvalue weighted by Gasteiger charge is -2.26. The van der Waals surface area contributed by atoms with E-state index in [0.29, 0.717) is 10.2 Å². The van der Waals surface area contributed by atoms with Gasteiger partial charge in [0.2, 0.25) is 0 Å². The average Bonchev–Trinajstić information content (AvgIpc) is 2.77. The second kappa shape index (κ2) is 17.1. The first-order valence-corrected chi connectivity index (χ1v) is 12.9. The van der Waals surface area contributed by atoms with E-state index >= 15 is 0 Å². The zero-order valence-electron chi connectivity index (χ0n) is 24.1. The van der Waals surface area contributed by atoms with Crippen molar-refractivity contribution in [3.8, 4) is 0 Å². The number of pyridine rings is 2. The lowest BCUT2D eigenvalue weighted by molar-refractivity contribution is 0.419. The molecule has 0 amide bonds. The summed E-state index contributed by atoms with van der Waals surface area (Å²) in [5.41, 5.74) is 4.43. The van der Waals surface area contributed by atoms with E-state index < -0.39 is 0 Å². The number of aromatic nitrogens is 2. The number of hydrogen-bond acceptors (Lipinski definition) is 6. The van der Waals surface area contributed by atoms with Crippen molar-refractivity contribution in [1.82, 2.24) is 30.4 Å². The Morgan fingerprint density at radius 2 is 0.973 bits per heavy atom. The van der Waals surface area contributed by atoms with E-state index in [1.807, 2.05) is 37.7 Å². The molecule has 37 heavy (non-hydrogen) atoms. The number of anilines is 2. The molecule has 0 spiro atoms. The highest BCUT2D eigenvalue weighted by atomic mass is 32.1. The van der Waals surface area contributed by atoms with Gasteiger partial charge in [-0.05, 0) is 116 Å². The van der Waals surface area contributed by atoms with Gasteiger partial charge in [0.1, 0.15) is 11.6 Å². The van der Waals surface area contributed by atoms with E-state index in [0.717, 1.165) is 49.2 Å². The topological polar surface area (TPSA) is 94.3 Å². The van der Waals surface area contributed by atoms with Gasteiger partial charge < -0.3 is 35.7 Å². The Kier molecular flexibility index (Phi) is 16.0. The highest BCUT2D eigenvalue weighted by Gasteiger charge is 2.14. The quantitative estimate of drug-likeness (QED) is 0.477. The monoisotopic (exact) mass is 550 g/mol. The molecule has 2 aromatic rings. The summed E-state index contributed by atoms with van der Waals surface area (Å²) in [4.78, 5) is 17.5. The SMILES string of the molecule is CNC(=S)N(CCN(C)C)c1cc(C)cc(C)n1.CNC(=S)N(CCN(C)C)c1cc(C)cc(C)n1.O. The molecule has 0 aliphatic rings. The minimum atomic E-state index is 0. The molecule has 9 nitrogen and oxygen atoms in total. The Balaban J connectivity index is 0.000000682. The molecule has 2 heterocycles. The van der Waals surface area contributed by atoms with Crippen molar-refractivity contribution < 1.29 is 5.48 Å². The van der Waals surface area contributed by atoms with Gasteiger partial charge >= 0.3 is 0 Å². The molecule has 0 aliphatic heterocycles. The normalized spacial score (nSPS) is 10.3. The van der Waals surface area contributed by atoms with E-state index in [-0.39, 0.29) is 5.48 Å². The van der Waals surface area contributed by atoms with Crippen molar-refractivity contribution >= 4 is 46.3 Å². The standard InChI is InChI=1S/2C13H22N4S.H2O/c2*1-10-8-11(2)15-12(9-10)17(13(18)14-3)7-6-16(4)5;/h2*8-9H,6-7H2,1-5H3,(H,14,18);1H2. The molecule has 0 atom stereocenters. The Morgan fingerprint density at radius 1 is 0.649 bits per heavy atom. The molecule has 0 unspecified atom stereocenters. The molecular weight excluding hydrogens is 504 g/mol. The Bertz CT molecular complexity index is 881. The van der Waals surface area contributed by atoms with Crippen LogP contribution in [0.5, 0.6) is 0 Å². The lowest BCUT2D eigenvalue weighted by atomic mass is 10.2. The fourth-order valence-electron chi connectivity index (χ4n) is 3.43. The molecule has 0 aliphatic carbocycles. The van der Waals surface area contributed by atoms with Gasteiger partial charge in [-0.3, -0.25) is 0 Å². The van der Waals surface area contributed by atoms with E-state index in [1.165, 1.54) is 11.1 Å². The van der Waals surface area contributed by atoms with Gasteiger partial charge in [-0.2, -0.15) is 0 Å². The second-order valence-electron chi connectivity index (χ2n) is 9.31. The molecule has 0 fully saturated rings. The van der Waals surface area contributed by atoms with E-state index in [2.05, 4.69) is 96.7 Å². The zero-order chi connectivity index (χ0) is 27.4. The predicted octanol–water partition coefficient (Wildman–Crippen LogP) is 2.32. The number of nitrogens with zero attached hydrogens (tertiary/aromatic N) is 6. The third-order valence-corrected chi connectivity index (χ3v) is 6.03. The molecule has 4 N–H and O–H groups in total. The molecule has 0 saturated carbocycles. The van der Waals surface area contributed by atoms with Gasteiger partial charge in [-0.15, -0.1) is 0 Å². The van der Waals surface area contributed by atoms with Gasteiger partial charge in [0, 0.05) is 51.7 Å². The van der Waals surface area contributed by atoms with Gasteiger partial charge in [0.05, 0.1) is 0 Å². The Labute approximate surface area is 234 Å². The summed E-state index contributed by atoms with van der Waals surface area (Å²) < 4.78 is 0. The van der Waals surface area contributed by atoms with Crippen molar-refractivity contribution in [1.29, 1.82) is 0 Å². The van der Waals surface area contributed by atoms with Gasteiger partial charge in [-0.1, -0.05) is 0 Å². The average molecular weight is 551 g/mol. The van der Waals surface area contributed by atoms with Gasteiger partial charge in [0.25, 0.3) is 0 Å². The fraction of sp³-hybridized carbons (Fsp3) is 0.538. The third kappa shape index (κ3) is 12.6. The maximum absolute atomic E-state index is 5.35. The van der Waals surface area contributed by atoms with Crippen molar-refractivity contribution in [3.05, 3.63) is 46.8 Å². The second-order valence-corrected chi connectivity index (χ2v) is 10.1. The van der Waals surface area contributed by atoms with Gasteiger partial charge in [-0.25, -0.2) is 9.97 Å². The summed E-state index contributed by atoms with van der Waals surface area (Å²) in [6.45, 7) is 11.7. The van der Waals surface area contributed by atoms with Crippen LogP contribution in [0.2, 0.25) is 0 Å². The predicted molar refractivity (Wildman–Crippen MR) is 166 cm³/mol. The van der Waals surface area contributed by atoms with Crippen molar-refractivity contribution in [2.24, 2.45) is 0 Å². The summed E-state index contributed by atoms with van der Waals surface area (Å²) >= 11 is 10.7. The van der Waals surface area contributed by atoms with Crippen LogP contribution in [0, 0.1) is 27.7 Å². The van der Waals surface area contributed by atoms with Crippen LogP contribution >= 0.6 is 24.4 Å². The number of hydrogen-bond donors (Lipinski definition) is 2. The molecule has 0 saturated heterocycles. The lowest BCUT2D eigenvalue weighted by Crippen LogP contribution is -2.42. The fourth-order valence-corrected chi connectivity index (χ4v) is 3.80. The summed E-state index contributed by atoms with van der Waals surface area (Å²) in [6.07, 6.45) is 0. The van der Waals surface area contributed by atoms with Crippen molar-refractivity contribution in [3.63, 3.8) is 0 Å². The van der Waals surface area contributed by atoms with Crippen LogP contribution in [0.1, 0.15) is 22.5 Å². The number of likely N-dealkylation sites (N-methyl/N-ethyl adjacent to an activating group) is 2. The van der Waals surface area contributed by atoms with E-state index in [1.54, 1.807) is 0 Å². The minimum Gasteiger partial charge on any atom is -0.412 e. The van der Waals surface area contributed by atoms with E-state index in [4.69, 9.17) is 24.4 Å². The molecule has 11 heteroatoms. The largest absolute Gasteiger partial charge is 0.412 e. The first-order chi connectivity index (χ1) is 16.9. The van der Waals surface area contributed by atoms with Crippen LogP contribution in [-0.4, -0.2) is 104 Å². The van der Waals surface area contributed by atoms with Gasteiger partial charge in [0.15, 0.2) is 10.2 Å². The van der Waals surface area contributed by atoms with Crippen LogP contribution in [0.3, 0.4) is 0 Å². The maximum Gasteiger partial charge on any atom is 0.174 e. The first-order valence-electron chi connectivity index (χ1n) is 12.1. The van der Waals surface area contributed by atoms with Crippen LogP contribution in [-0.2, 0) is 0 Å². The minimum absolute atomic E-state index is 0. The van der Waals surface area contributed by atoms with Crippen LogP contribution in [0.4, 0.5) is 11.6 Å². The molecular formula is C26H46N8OS2. The van der Waals surface area contributed by atoms with Crippen LogP contribution < -0.4 is 20.4 Å². The third-order valence-electron chi connectivity index (χ3n) is 5.18. The summed E-state index contributed by atoms with van der Waals surface area (Å²) in [5, 5.41) is 7.46. The molecule has 2 aromatic heterocycles. The first kappa shape index (κ1) is 34.6.